The zero-order valence-corrected chi connectivity index (χ0v) is 10.1. The highest BCUT2D eigenvalue weighted by Gasteiger charge is 2.21. The number of para-hydroxylation sites is 1. The van der Waals surface area contributed by atoms with E-state index in [1.807, 2.05) is 38.1 Å². The number of hydrogen-bond acceptors (Lipinski definition) is 2. The first kappa shape index (κ1) is 13.1. The van der Waals surface area contributed by atoms with Gasteiger partial charge < -0.3 is 5.32 Å². The van der Waals surface area contributed by atoms with Crippen molar-refractivity contribution in [2.24, 2.45) is 5.11 Å². The van der Waals surface area contributed by atoms with Crippen LogP contribution in [0.25, 0.3) is 10.4 Å². The highest BCUT2D eigenvalue weighted by atomic mass is 16.2. The van der Waals surface area contributed by atoms with Gasteiger partial charge in [0.25, 0.3) is 0 Å². The molecule has 0 aromatic heterocycles. The molecule has 0 spiro atoms. The molecular weight excluding hydrogens is 216 g/mol. The average Bonchev–Trinajstić information content (AvgIpc) is 2.52. The normalized spacial score (nSPS) is 17.5. The van der Waals surface area contributed by atoms with Crippen LogP contribution in [0.15, 0.2) is 29.4 Å². The van der Waals surface area contributed by atoms with Gasteiger partial charge in [-0.3, -0.25) is 4.79 Å². The van der Waals surface area contributed by atoms with Crippen molar-refractivity contribution >= 4 is 11.6 Å². The van der Waals surface area contributed by atoms with Gasteiger partial charge in [0.2, 0.25) is 5.91 Å². The molecule has 1 aromatic carbocycles. The third-order valence-corrected chi connectivity index (χ3v) is 2.46. The SMILES string of the molecule is CC.[N-]=[N+]=NC1CCc2ccccc2NC1=O. The van der Waals surface area contributed by atoms with Crippen LogP contribution in [0.2, 0.25) is 0 Å². The molecule has 2 rings (SSSR count). The summed E-state index contributed by atoms with van der Waals surface area (Å²) in [5.74, 6) is -0.224. The molecular formula is C12H16N4O. The summed E-state index contributed by atoms with van der Waals surface area (Å²) in [5.41, 5.74) is 10.2. The maximum atomic E-state index is 11.6. The average molecular weight is 232 g/mol. The molecule has 5 heteroatoms. The predicted molar refractivity (Wildman–Crippen MR) is 67.7 cm³/mol. The minimum absolute atomic E-state index is 0.224. The fraction of sp³-hybridized carbons (Fsp3) is 0.417. The Morgan fingerprint density at radius 1 is 1.41 bits per heavy atom. The number of amides is 1. The molecule has 1 N–H and O–H groups in total. The van der Waals surface area contributed by atoms with Crippen LogP contribution in [0.1, 0.15) is 25.8 Å². The molecule has 90 valence electrons. The van der Waals surface area contributed by atoms with Crippen molar-refractivity contribution in [2.45, 2.75) is 32.7 Å². The van der Waals surface area contributed by atoms with E-state index in [-0.39, 0.29) is 5.91 Å². The number of fused-ring (bicyclic) bond motifs is 1. The number of aryl methyl sites for hydroxylation is 1. The molecule has 1 atom stereocenters. The van der Waals surface area contributed by atoms with Crippen molar-refractivity contribution in [3.63, 3.8) is 0 Å². The van der Waals surface area contributed by atoms with Crippen molar-refractivity contribution in [2.75, 3.05) is 5.32 Å². The van der Waals surface area contributed by atoms with E-state index in [9.17, 15) is 4.79 Å². The van der Waals surface area contributed by atoms with Crippen LogP contribution in [0, 0.1) is 0 Å². The Morgan fingerprint density at radius 2 is 2.12 bits per heavy atom. The molecule has 1 aliphatic rings. The molecule has 0 saturated carbocycles. The summed E-state index contributed by atoms with van der Waals surface area (Å²) in [6.45, 7) is 4.00. The minimum atomic E-state index is -0.595. The molecule has 1 aliphatic heterocycles. The number of anilines is 1. The second-order valence-electron chi connectivity index (χ2n) is 3.41. The minimum Gasteiger partial charge on any atom is -0.325 e. The number of rotatable bonds is 1. The smallest absolute Gasteiger partial charge is 0.233 e. The van der Waals surface area contributed by atoms with Gasteiger partial charge in [-0.25, -0.2) is 0 Å². The highest BCUT2D eigenvalue weighted by Crippen LogP contribution is 2.22. The van der Waals surface area contributed by atoms with E-state index < -0.39 is 6.04 Å². The number of hydrogen-bond donors (Lipinski definition) is 1. The summed E-state index contributed by atoms with van der Waals surface area (Å²) in [4.78, 5) is 14.3. The summed E-state index contributed by atoms with van der Waals surface area (Å²) < 4.78 is 0. The van der Waals surface area contributed by atoms with E-state index in [1.54, 1.807) is 0 Å². The lowest BCUT2D eigenvalue weighted by Gasteiger charge is -2.06. The quantitative estimate of drug-likeness (QED) is 0.450. The predicted octanol–water partition coefficient (Wildman–Crippen LogP) is 3.28. The lowest BCUT2D eigenvalue weighted by Crippen LogP contribution is -2.24. The fourth-order valence-electron chi connectivity index (χ4n) is 1.67. The topological polar surface area (TPSA) is 77.9 Å². The molecule has 1 aromatic rings. The number of benzene rings is 1. The Morgan fingerprint density at radius 3 is 2.82 bits per heavy atom. The van der Waals surface area contributed by atoms with Gasteiger partial charge in [-0.15, -0.1) is 0 Å². The van der Waals surface area contributed by atoms with Crippen molar-refractivity contribution < 1.29 is 4.79 Å². The van der Waals surface area contributed by atoms with Gasteiger partial charge >= 0.3 is 0 Å². The Balaban J connectivity index is 0.000000686. The third kappa shape index (κ3) is 3.23. The van der Waals surface area contributed by atoms with Crippen molar-refractivity contribution in [1.82, 2.24) is 0 Å². The van der Waals surface area contributed by atoms with E-state index in [0.29, 0.717) is 6.42 Å². The van der Waals surface area contributed by atoms with Crippen molar-refractivity contribution in [3.8, 4) is 0 Å². The second kappa shape index (κ2) is 6.55. The highest BCUT2D eigenvalue weighted by molar-refractivity contribution is 5.96. The van der Waals surface area contributed by atoms with Crippen LogP contribution >= 0.6 is 0 Å². The number of nitrogens with one attached hydrogen (secondary N) is 1. The van der Waals surface area contributed by atoms with Crippen molar-refractivity contribution in [1.29, 1.82) is 0 Å². The van der Waals surface area contributed by atoms with Gasteiger partial charge in [0, 0.05) is 10.6 Å². The summed E-state index contributed by atoms with van der Waals surface area (Å²) >= 11 is 0. The molecule has 0 aliphatic carbocycles. The monoisotopic (exact) mass is 232 g/mol. The summed E-state index contributed by atoms with van der Waals surface area (Å²) in [6, 6.07) is 7.02. The Hall–Kier alpha value is -2.00. The largest absolute Gasteiger partial charge is 0.325 e. The summed E-state index contributed by atoms with van der Waals surface area (Å²) in [5, 5.41) is 6.23. The maximum Gasteiger partial charge on any atom is 0.233 e. The summed E-state index contributed by atoms with van der Waals surface area (Å²) in [6.07, 6.45) is 1.31. The zero-order valence-electron chi connectivity index (χ0n) is 10.1. The van der Waals surface area contributed by atoms with Crippen LogP contribution in [-0.2, 0) is 11.2 Å². The van der Waals surface area contributed by atoms with Crippen LogP contribution in [-0.4, -0.2) is 11.9 Å². The van der Waals surface area contributed by atoms with E-state index in [1.165, 1.54) is 0 Å². The first-order valence-electron chi connectivity index (χ1n) is 5.74. The Kier molecular flexibility index (Phi) is 5.04. The van der Waals surface area contributed by atoms with Gasteiger partial charge in [-0.2, -0.15) is 0 Å². The molecule has 0 fully saturated rings. The zero-order chi connectivity index (χ0) is 12.7. The molecule has 17 heavy (non-hydrogen) atoms. The number of nitrogens with zero attached hydrogens (tertiary/aromatic N) is 3. The molecule has 1 amide bonds. The van der Waals surface area contributed by atoms with Gasteiger partial charge in [0.1, 0.15) is 6.04 Å². The van der Waals surface area contributed by atoms with Crippen LogP contribution in [0.4, 0.5) is 5.69 Å². The fourth-order valence-corrected chi connectivity index (χ4v) is 1.67. The second-order valence-corrected chi connectivity index (χ2v) is 3.41. The number of azide groups is 1. The lowest BCUT2D eigenvalue weighted by atomic mass is 10.1. The van der Waals surface area contributed by atoms with Gasteiger partial charge in [0.15, 0.2) is 0 Å². The van der Waals surface area contributed by atoms with E-state index >= 15 is 0 Å². The Labute approximate surface area is 100 Å². The summed E-state index contributed by atoms with van der Waals surface area (Å²) in [7, 11) is 0. The maximum absolute atomic E-state index is 11.6. The lowest BCUT2D eigenvalue weighted by molar-refractivity contribution is -0.117. The van der Waals surface area contributed by atoms with Gasteiger partial charge in [-0.05, 0) is 30.0 Å². The van der Waals surface area contributed by atoms with E-state index in [4.69, 9.17) is 5.53 Å². The van der Waals surface area contributed by atoms with E-state index in [0.717, 1.165) is 17.7 Å². The van der Waals surface area contributed by atoms with Crippen LogP contribution < -0.4 is 5.32 Å². The molecule has 0 radical (unpaired) electrons. The van der Waals surface area contributed by atoms with Gasteiger partial charge in [0.05, 0.1) is 0 Å². The standard InChI is InChI=1S/C10H10N4O.C2H6/c11-14-13-9-6-5-7-3-1-2-4-8(7)12-10(9)15;1-2/h1-4,9H,5-6H2,(H,12,15);1-2H3. The molecule has 1 unspecified atom stereocenters. The first-order valence-corrected chi connectivity index (χ1v) is 5.74. The third-order valence-electron chi connectivity index (χ3n) is 2.46. The number of carbonyl (C=O) groups excluding carboxylic acids is 1. The van der Waals surface area contributed by atoms with Crippen LogP contribution in [0.5, 0.6) is 0 Å². The molecule has 1 heterocycles. The van der Waals surface area contributed by atoms with E-state index in [2.05, 4.69) is 15.3 Å². The van der Waals surface area contributed by atoms with Crippen LogP contribution in [0.3, 0.4) is 0 Å². The molecule has 0 bridgehead atoms. The van der Waals surface area contributed by atoms with Crippen molar-refractivity contribution in [3.05, 3.63) is 40.3 Å². The van der Waals surface area contributed by atoms with Gasteiger partial charge in [-0.1, -0.05) is 37.2 Å². The first-order chi connectivity index (χ1) is 8.31. The Bertz CT molecular complexity index is 438. The molecule has 5 nitrogen and oxygen atoms in total. The molecule has 0 saturated heterocycles. The number of carbonyl (C=O) groups is 1.